The van der Waals surface area contributed by atoms with Crippen molar-refractivity contribution >= 4 is 11.8 Å². The first-order valence-electron chi connectivity index (χ1n) is 5.12. The summed E-state index contributed by atoms with van der Waals surface area (Å²) in [6.45, 7) is 0.718. The first-order valence-corrected chi connectivity index (χ1v) is 6.28. The molecule has 0 bridgehead atoms. The Labute approximate surface area is 88.5 Å². The number of oxazole rings is 1. The molecule has 0 radical (unpaired) electrons. The van der Waals surface area contributed by atoms with Crippen LogP contribution in [0.25, 0.3) is 0 Å². The van der Waals surface area contributed by atoms with E-state index in [0.29, 0.717) is 5.92 Å². The van der Waals surface area contributed by atoms with E-state index in [0.717, 1.165) is 36.8 Å². The molecule has 1 aromatic heterocycles. The predicted molar refractivity (Wildman–Crippen MR) is 58.6 cm³/mol. The molecule has 14 heavy (non-hydrogen) atoms. The van der Waals surface area contributed by atoms with Crippen LogP contribution in [0.3, 0.4) is 0 Å². The molecule has 2 rings (SSSR count). The van der Waals surface area contributed by atoms with Gasteiger partial charge in [0.15, 0.2) is 5.89 Å². The zero-order valence-corrected chi connectivity index (χ0v) is 9.05. The molecule has 0 aliphatic carbocycles. The van der Waals surface area contributed by atoms with Gasteiger partial charge in [-0.15, -0.1) is 0 Å². The quantitative estimate of drug-likeness (QED) is 0.826. The van der Waals surface area contributed by atoms with E-state index in [-0.39, 0.29) is 0 Å². The second kappa shape index (κ2) is 4.84. The Balaban J connectivity index is 1.94. The summed E-state index contributed by atoms with van der Waals surface area (Å²) in [5.41, 5.74) is 5.44. The SMILES string of the molecule is NCCCc1cnc(C2CCSC2)o1. The van der Waals surface area contributed by atoms with Crippen LogP contribution < -0.4 is 5.73 Å². The Morgan fingerprint density at radius 2 is 2.57 bits per heavy atom. The fraction of sp³-hybridized carbons (Fsp3) is 0.700. The summed E-state index contributed by atoms with van der Waals surface area (Å²) in [4.78, 5) is 4.33. The maximum absolute atomic E-state index is 5.69. The first kappa shape index (κ1) is 10.1. The Kier molecular flexibility index (Phi) is 3.48. The van der Waals surface area contributed by atoms with E-state index < -0.39 is 0 Å². The standard InChI is InChI=1S/C10H16N2OS/c11-4-1-2-9-6-12-10(13-9)8-3-5-14-7-8/h6,8H,1-5,7,11H2. The fourth-order valence-electron chi connectivity index (χ4n) is 1.63. The molecule has 1 aromatic rings. The summed E-state index contributed by atoms with van der Waals surface area (Å²) in [5, 5.41) is 0. The molecule has 0 spiro atoms. The van der Waals surface area contributed by atoms with Gasteiger partial charge in [0.25, 0.3) is 0 Å². The number of hydrogen-bond donors (Lipinski definition) is 1. The van der Waals surface area contributed by atoms with Crippen LogP contribution in [0.4, 0.5) is 0 Å². The van der Waals surface area contributed by atoms with Crippen molar-refractivity contribution in [1.82, 2.24) is 4.98 Å². The highest BCUT2D eigenvalue weighted by atomic mass is 32.2. The second-order valence-electron chi connectivity index (χ2n) is 3.62. The number of nitrogens with zero attached hydrogens (tertiary/aromatic N) is 1. The molecule has 0 saturated carbocycles. The molecule has 78 valence electrons. The van der Waals surface area contributed by atoms with Gasteiger partial charge in [-0.25, -0.2) is 4.98 Å². The van der Waals surface area contributed by atoms with E-state index >= 15 is 0 Å². The van der Waals surface area contributed by atoms with E-state index in [1.807, 2.05) is 18.0 Å². The number of hydrogen-bond acceptors (Lipinski definition) is 4. The summed E-state index contributed by atoms with van der Waals surface area (Å²) in [6.07, 6.45) is 4.97. The van der Waals surface area contributed by atoms with Crippen LogP contribution in [-0.2, 0) is 6.42 Å². The zero-order chi connectivity index (χ0) is 9.80. The fourth-order valence-corrected chi connectivity index (χ4v) is 2.84. The average Bonchev–Trinajstić information content (AvgIpc) is 2.85. The van der Waals surface area contributed by atoms with Crippen molar-refractivity contribution in [3.05, 3.63) is 17.8 Å². The Morgan fingerprint density at radius 1 is 1.64 bits per heavy atom. The molecule has 3 nitrogen and oxygen atoms in total. The van der Waals surface area contributed by atoms with Crippen molar-refractivity contribution < 1.29 is 4.42 Å². The molecule has 1 unspecified atom stereocenters. The minimum Gasteiger partial charge on any atom is -0.445 e. The minimum atomic E-state index is 0.548. The summed E-state index contributed by atoms with van der Waals surface area (Å²) >= 11 is 1.98. The number of nitrogens with two attached hydrogens (primary N) is 1. The average molecular weight is 212 g/mol. The van der Waals surface area contributed by atoms with Crippen molar-refractivity contribution in [3.63, 3.8) is 0 Å². The monoisotopic (exact) mass is 212 g/mol. The Hall–Kier alpha value is -0.480. The van der Waals surface area contributed by atoms with Crippen LogP contribution in [0.5, 0.6) is 0 Å². The molecule has 4 heteroatoms. The largest absolute Gasteiger partial charge is 0.445 e. The molecule has 2 N–H and O–H groups in total. The molecule has 0 amide bonds. The smallest absolute Gasteiger partial charge is 0.198 e. The van der Waals surface area contributed by atoms with Gasteiger partial charge in [-0.2, -0.15) is 11.8 Å². The van der Waals surface area contributed by atoms with Crippen LogP contribution in [0, 0.1) is 0 Å². The number of rotatable bonds is 4. The molecule has 2 heterocycles. The number of thioether (sulfide) groups is 1. The number of aromatic nitrogens is 1. The first-order chi connectivity index (χ1) is 6.90. The molecular weight excluding hydrogens is 196 g/mol. The van der Waals surface area contributed by atoms with Gasteiger partial charge < -0.3 is 10.2 Å². The van der Waals surface area contributed by atoms with Gasteiger partial charge in [0.05, 0.1) is 6.20 Å². The van der Waals surface area contributed by atoms with Gasteiger partial charge in [0.2, 0.25) is 0 Å². The topological polar surface area (TPSA) is 52.0 Å². The summed E-state index contributed by atoms with van der Waals surface area (Å²) in [7, 11) is 0. The molecule has 1 saturated heterocycles. The van der Waals surface area contributed by atoms with Crippen LogP contribution in [0.1, 0.15) is 30.4 Å². The van der Waals surface area contributed by atoms with Gasteiger partial charge in [-0.05, 0) is 25.1 Å². The van der Waals surface area contributed by atoms with Gasteiger partial charge in [-0.1, -0.05) is 0 Å². The van der Waals surface area contributed by atoms with Crippen LogP contribution in [0.15, 0.2) is 10.6 Å². The maximum Gasteiger partial charge on any atom is 0.198 e. The van der Waals surface area contributed by atoms with Crippen LogP contribution in [0.2, 0.25) is 0 Å². The van der Waals surface area contributed by atoms with Crippen molar-refractivity contribution in [2.24, 2.45) is 5.73 Å². The highest BCUT2D eigenvalue weighted by Gasteiger charge is 2.21. The van der Waals surface area contributed by atoms with Crippen LogP contribution >= 0.6 is 11.8 Å². The highest BCUT2D eigenvalue weighted by Crippen LogP contribution is 2.31. The normalized spacial score (nSPS) is 21.6. The van der Waals surface area contributed by atoms with E-state index in [4.69, 9.17) is 10.2 Å². The second-order valence-corrected chi connectivity index (χ2v) is 4.77. The third kappa shape index (κ3) is 2.30. The third-order valence-electron chi connectivity index (χ3n) is 2.48. The zero-order valence-electron chi connectivity index (χ0n) is 8.24. The predicted octanol–water partition coefficient (Wildman–Crippen LogP) is 1.79. The number of aryl methyl sites for hydroxylation is 1. The lowest BCUT2D eigenvalue weighted by molar-refractivity contribution is 0.426. The molecule has 0 aromatic carbocycles. The van der Waals surface area contributed by atoms with Crippen molar-refractivity contribution in [1.29, 1.82) is 0 Å². The lowest BCUT2D eigenvalue weighted by atomic mass is 10.1. The van der Waals surface area contributed by atoms with Gasteiger partial charge in [0.1, 0.15) is 5.76 Å². The third-order valence-corrected chi connectivity index (χ3v) is 3.64. The Morgan fingerprint density at radius 3 is 3.29 bits per heavy atom. The van der Waals surface area contributed by atoms with Crippen molar-refractivity contribution in [2.75, 3.05) is 18.1 Å². The molecule has 1 aliphatic rings. The van der Waals surface area contributed by atoms with Crippen molar-refractivity contribution in [3.8, 4) is 0 Å². The molecule has 1 aliphatic heterocycles. The summed E-state index contributed by atoms with van der Waals surface area (Å²) in [5.74, 6) is 4.87. The maximum atomic E-state index is 5.69. The minimum absolute atomic E-state index is 0.548. The van der Waals surface area contributed by atoms with Crippen molar-refractivity contribution in [2.45, 2.75) is 25.2 Å². The van der Waals surface area contributed by atoms with Crippen LogP contribution in [-0.4, -0.2) is 23.0 Å². The molecule has 1 fully saturated rings. The Bertz CT molecular complexity index is 281. The lowest BCUT2D eigenvalue weighted by Gasteiger charge is -2.00. The van der Waals surface area contributed by atoms with E-state index in [1.54, 1.807) is 0 Å². The van der Waals surface area contributed by atoms with E-state index in [1.165, 1.54) is 12.2 Å². The van der Waals surface area contributed by atoms with Gasteiger partial charge in [0, 0.05) is 18.1 Å². The lowest BCUT2D eigenvalue weighted by Crippen LogP contribution is -1.99. The summed E-state index contributed by atoms with van der Waals surface area (Å²) in [6, 6.07) is 0. The van der Waals surface area contributed by atoms with Gasteiger partial charge >= 0.3 is 0 Å². The molecule has 1 atom stereocenters. The van der Waals surface area contributed by atoms with E-state index in [9.17, 15) is 0 Å². The van der Waals surface area contributed by atoms with E-state index in [2.05, 4.69) is 4.98 Å². The molecular formula is C10H16N2OS. The summed E-state index contributed by atoms with van der Waals surface area (Å²) < 4.78 is 5.69. The highest BCUT2D eigenvalue weighted by molar-refractivity contribution is 7.99. The van der Waals surface area contributed by atoms with Gasteiger partial charge in [-0.3, -0.25) is 0 Å².